The fourth-order valence-electron chi connectivity index (χ4n) is 6.33. The molecule has 2 aliphatic heterocycles. The van der Waals surface area contributed by atoms with E-state index in [2.05, 4.69) is 101 Å². The normalized spacial score (nSPS) is 16.8. The standard InChI is InChI=1S/C32H42BrN10OP/c1-6-21-17-24(27(44-3)18-26(21)43-11-7-22(8-12-43)42-15-13-41(2)14-16-42)39-32-37-19-23(33)30(40-32)38-25-20-36-31-28(29(25)45(4)5)34-9-10-35-31/h9-10,17-20,22H,6-8,11-16H2,1-5H3,(H2,37,38,39,40). The Bertz CT molecular complexity index is 1640. The van der Waals surface area contributed by atoms with Crippen molar-refractivity contribution >= 4 is 69.1 Å². The number of fused-ring (bicyclic) bond motifs is 1. The summed E-state index contributed by atoms with van der Waals surface area (Å²) in [6.45, 7) is 13.4. The number of piperazine rings is 1. The molecule has 2 saturated heterocycles. The molecule has 2 fully saturated rings. The van der Waals surface area contributed by atoms with Crippen molar-refractivity contribution in [3.05, 3.63) is 47.0 Å². The van der Waals surface area contributed by atoms with E-state index in [0.717, 1.165) is 51.9 Å². The zero-order valence-corrected chi connectivity index (χ0v) is 29.2. The molecule has 3 aromatic heterocycles. The van der Waals surface area contributed by atoms with Crippen LogP contribution in [0.1, 0.15) is 25.3 Å². The Hall–Kier alpha value is -3.18. The third-order valence-corrected chi connectivity index (χ3v) is 10.7. The zero-order chi connectivity index (χ0) is 31.5. The monoisotopic (exact) mass is 692 g/mol. The number of benzene rings is 1. The average molecular weight is 694 g/mol. The van der Waals surface area contributed by atoms with Crippen LogP contribution in [-0.2, 0) is 6.42 Å². The maximum absolute atomic E-state index is 5.91. The van der Waals surface area contributed by atoms with Gasteiger partial charge in [0.15, 0.2) is 5.65 Å². The molecule has 0 amide bonds. The van der Waals surface area contributed by atoms with Crippen LogP contribution in [0.5, 0.6) is 5.75 Å². The van der Waals surface area contributed by atoms with Crippen LogP contribution in [0.2, 0.25) is 0 Å². The second kappa shape index (κ2) is 14.1. The van der Waals surface area contributed by atoms with Gasteiger partial charge in [0.25, 0.3) is 0 Å². The Morgan fingerprint density at radius 3 is 2.40 bits per heavy atom. The van der Waals surface area contributed by atoms with Gasteiger partial charge in [-0.2, -0.15) is 4.98 Å². The summed E-state index contributed by atoms with van der Waals surface area (Å²) in [4.78, 5) is 30.6. The number of aromatic nitrogens is 5. The predicted octanol–water partition coefficient (Wildman–Crippen LogP) is 5.22. The van der Waals surface area contributed by atoms with Gasteiger partial charge in [0.2, 0.25) is 5.95 Å². The molecule has 11 nitrogen and oxygen atoms in total. The molecular weight excluding hydrogens is 651 g/mol. The summed E-state index contributed by atoms with van der Waals surface area (Å²) in [5.41, 5.74) is 5.68. The average Bonchev–Trinajstić information content (AvgIpc) is 3.06. The minimum absolute atomic E-state index is 0.465. The van der Waals surface area contributed by atoms with Crippen LogP contribution < -0.4 is 25.6 Å². The molecule has 0 radical (unpaired) electrons. The number of hydrogen-bond acceptors (Lipinski definition) is 11. The number of hydrogen-bond donors (Lipinski definition) is 2. The van der Waals surface area contributed by atoms with E-state index in [1.165, 1.54) is 50.3 Å². The number of rotatable bonds is 9. The smallest absolute Gasteiger partial charge is 0.229 e. The number of nitrogens with one attached hydrogen (secondary N) is 2. The highest BCUT2D eigenvalue weighted by molar-refractivity contribution is 9.10. The first-order chi connectivity index (χ1) is 21.8. The quantitative estimate of drug-likeness (QED) is 0.226. The van der Waals surface area contributed by atoms with Gasteiger partial charge in [-0.15, -0.1) is 0 Å². The Kier molecular flexibility index (Phi) is 9.94. The molecule has 45 heavy (non-hydrogen) atoms. The molecule has 6 rings (SSSR count). The number of pyridine rings is 1. The largest absolute Gasteiger partial charge is 0.494 e. The highest BCUT2D eigenvalue weighted by Gasteiger charge is 2.28. The van der Waals surface area contributed by atoms with E-state index in [9.17, 15) is 0 Å². The lowest BCUT2D eigenvalue weighted by molar-refractivity contribution is 0.0982. The van der Waals surface area contributed by atoms with Crippen molar-refractivity contribution in [1.29, 1.82) is 0 Å². The van der Waals surface area contributed by atoms with Crippen molar-refractivity contribution in [2.45, 2.75) is 32.2 Å². The summed E-state index contributed by atoms with van der Waals surface area (Å²) >= 11 is 3.63. The maximum atomic E-state index is 5.91. The van der Waals surface area contributed by atoms with E-state index in [1.54, 1.807) is 31.9 Å². The van der Waals surface area contributed by atoms with Gasteiger partial charge in [0.05, 0.1) is 29.2 Å². The minimum atomic E-state index is -0.502. The van der Waals surface area contributed by atoms with E-state index in [1.807, 2.05) is 0 Å². The van der Waals surface area contributed by atoms with E-state index < -0.39 is 7.92 Å². The topological polar surface area (TPSA) is 107 Å². The van der Waals surface area contributed by atoms with Crippen LogP contribution in [-0.4, -0.2) is 108 Å². The number of nitrogens with zero attached hydrogens (tertiary/aromatic N) is 8. The predicted molar refractivity (Wildman–Crippen MR) is 189 cm³/mol. The lowest BCUT2D eigenvalue weighted by atomic mass is 9.99. The minimum Gasteiger partial charge on any atom is -0.494 e. The number of halogens is 1. The van der Waals surface area contributed by atoms with E-state index in [0.29, 0.717) is 23.5 Å². The summed E-state index contributed by atoms with van der Waals surface area (Å²) in [6.07, 6.45) is 10.2. The van der Waals surface area contributed by atoms with Gasteiger partial charge in [-0.1, -0.05) is 14.8 Å². The van der Waals surface area contributed by atoms with Gasteiger partial charge < -0.3 is 25.2 Å². The van der Waals surface area contributed by atoms with Crippen molar-refractivity contribution in [2.24, 2.45) is 0 Å². The van der Waals surface area contributed by atoms with Crippen molar-refractivity contribution in [1.82, 2.24) is 34.7 Å². The third kappa shape index (κ3) is 6.99. The molecule has 0 atom stereocenters. The van der Waals surface area contributed by atoms with Crippen LogP contribution in [0.4, 0.5) is 28.8 Å². The van der Waals surface area contributed by atoms with Crippen molar-refractivity contribution in [2.75, 3.05) is 82.3 Å². The lowest BCUT2D eigenvalue weighted by Gasteiger charge is -2.43. The number of likely N-dealkylation sites (N-methyl/N-ethyl adjacent to an activating group) is 1. The first kappa shape index (κ1) is 31.8. The molecule has 0 aliphatic carbocycles. The Balaban J connectivity index is 1.21. The molecule has 0 unspecified atom stereocenters. The second-order valence-electron chi connectivity index (χ2n) is 11.9. The molecule has 5 heterocycles. The SMILES string of the molecule is CCc1cc(Nc2ncc(Br)c(Nc3cnc4nccnc4c3P(C)C)n2)c(OC)cc1N1CCC(N2CCN(C)CC2)CC1. The molecule has 1 aromatic carbocycles. The maximum Gasteiger partial charge on any atom is 0.229 e. The van der Waals surface area contributed by atoms with Gasteiger partial charge >= 0.3 is 0 Å². The number of piperidine rings is 1. The lowest BCUT2D eigenvalue weighted by Crippen LogP contribution is -2.52. The van der Waals surface area contributed by atoms with Gasteiger partial charge in [0.1, 0.15) is 17.1 Å². The van der Waals surface area contributed by atoms with Crippen molar-refractivity contribution < 1.29 is 4.74 Å². The molecule has 0 saturated carbocycles. The summed E-state index contributed by atoms with van der Waals surface area (Å²) in [5, 5.41) is 8.01. The second-order valence-corrected chi connectivity index (χ2v) is 15.0. The van der Waals surface area contributed by atoms with Gasteiger partial charge in [-0.25, -0.2) is 15.0 Å². The molecule has 13 heteroatoms. The van der Waals surface area contributed by atoms with Crippen LogP contribution >= 0.6 is 23.9 Å². The number of methoxy groups -OCH3 is 1. The summed E-state index contributed by atoms with van der Waals surface area (Å²) in [7, 11) is 3.44. The highest BCUT2D eigenvalue weighted by Crippen LogP contribution is 2.38. The third-order valence-electron chi connectivity index (χ3n) is 8.81. The molecule has 238 valence electrons. The Morgan fingerprint density at radius 1 is 0.933 bits per heavy atom. The van der Waals surface area contributed by atoms with Crippen LogP contribution in [0.25, 0.3) is 11.2 Å². The van der Waals surface area contributed by atoms with Crippen LogP contribution in [0.3, 0.4) is 0 Å². The molecule has 4 aromatic rings. The molecule has 2 N–H and O–H groups in total. The van der Waals surface area contributed by atoms with Gasteiger partial charge in [0, 0.05) is 81.0 Å². The summed E-state index contributed by atoms with van der Waals surface area (Å²) in [6, 6.07) is 5.04. The van der Waals surface area contributed by atoms with E-state index >= 15 is 0 Å². The zero-order valence-electron chi connectivity index (χ0n) is 26.7. The fourth-order valence-corrected chi connectivity index (χ4v) is 7.80. The molecular formula is C32H42BrN10OP. The number of aryl methyl sites for hydroxylation is 1. The Labute approximate surface area is 275 Å². The number of ether oxygens (including phenoxy) is 1. The first-order valence-electron chi connectivity index (χ1n) is 15.6. The molecule has 2 aliphatic rings. The molecule has 0 bridgehead atoms. The van der Waals surface area contributed by atoms with Gasteiger partial charge in [-0.3, -0.25) is 9.88 Å². The van der Waals surface area contributed by atoms with Crippen molar-refractivity contribution in [3.63, 3.8) is 0 Å². The molecule has 0 spiro atoms. The summed E-state index contributed by atoms with van der Waals surface area (Å²) in [5.74, 6) is 1.86. The summed E-state index contributed by atoms with van der Waals surface area (Å²) < 4.78 is 6.65. The Morgan fingerprint density at radius 2 is 1.69 bits per heavy atom. The highest BCUT2D eigenvalue weighted by atomic mass is 79.9. The van der Waals surface area contributed by atoms with Crippen LogP contribution in [0, 0.1) is 0 Å². The number of anilines is 5. The van der Waals surface area contributed by atoms with Gasteiger partial charge in [-0.05, 0) is 67.2 Å². The first-order valence-corrected chi connectivity index (χ1v) is 18.6. The van der Waals surface area contributed by atoms with E-state index in [4.69, 9.17) is 9.72 Å². The van der Waals surface area contributed by atoms with Crippen LogP contribution in [0.15, 0.2) is 41.4 Å². The van der Waals surface area contributed by atoms with E-state index in [-0.39, 0.29) is 0 Å². The fraction of sp³-hybridized carbons (Fsp3) is 0.469. The van der Waals surface area contributed by atoms with Crippen molar-refractivity contribution in [3.8, 4) is 5.75 Å².